The highest BCUT2D eigenvalue weighted by Crippen LogP contribution is 2.29. The molecule has 0 bridgehead atoms. The third-order valence-electron chi connectivity index (χ3n) is 4.89. The number of carbonyl (C=O) groups is 1. The summed E-state index contributed by atoms with van der Waals surface area (Å²) in [6.07, 6.45) is 1.40. The number of fused-ring (bicyclic) bond motifs is 1. The Kier molecular flexibility index (Phi) is 5.24. The summed E-state index contributed by atoms with van der Waals surface area (Å²) in [4.78, 5) is 17.6. The van der Waals surface area contributed by atoms with E-state index in [4.69, 9.17) is 9.47 Å². The third-order valence-corrected chi connectivity index (χ3v) is 4.89. The molecule has 0 radical (unpaired) electrons. The number of para-hydroxylation sites is 1. The van der Waals surface area contributed by atoms with Crippen LogP contribution in [0.15, 0.2) is 54.7 Å². The van der Waals surface area contributed by atoms with E-state index in [1.165, 1.54) is 25.1 Å². The fraction of sp³-hybridized carbons (Fsp3) is 0.130. The normalized spacial score (nSPS) is 10.5. The first-order valence-corrected chi connectivity index (χ1v) is 9.44. The lowest BCUT2D eigenvalue weighted by molar-refractivity contribution is 0.102. The Hall–Kier alpha value is -4.38. The van der Waals surface area contributed by atoms with Crippen LogP contribution in [0.5, 0.6) is 11.5 Å². The average Bonchev–Trinajstić information content (AvgIpc) is 3.20. The molecule has 2 aromatic carbocycles. The summed E-state index contributed by atoms with van der Waals surface area (Å²) in [6, 6.07) is 16.5. The second-order valence-corrected chi connectivity index (χ2v) is 6.77. The molecule has 0 spiro atoms. The van der Waals surface area contributed by atoms with Gasteiger partial charge in [-0.1, -0.05) is 18.2 Å². The van der Waals surface area contributed by atoms with Gasteiger partial charge < -0.3 is 14.8 Å². The number of hydrogen-bond acceptors (Lipinski definition) is 6. The van der Waals surface area contributed by atoms with E-state index in [-0.39, 0.29) is 11.4 Å². The van der Waals surface area contributed by atoms with Crippen LogP contribution in [0.4, 0.5) is 5.82 Å². The fourth-order valence-corrected chi connectivity index (χ4v) is 3.32. The van der Waals surface area contributed by atoms with E-state index in [9.17, 15) is 10.1 Å². The molecule has 0 atom stereocenters. The van der Waals surface area contributed by atoms with Gasteiger partial charge in [-0.2, -0.15) is 15.0 Å². The maximum Gasteiger partial charge on any atom is 0.256 e. The molecule has 8 heteroatoms. The number of amides is 1. The van der Waals surface area contributed by atoms with Crippen LogP contribution in [0, 0.1) is 18.3 Å². The zero-order valence-electron chi connectivity index (χ0n) is 17.2. The zero-order valence-corrected chi connectivity index (χ0v) is 17.2. The number of nitrogens with one attached hydrogen (secondary N) is 1. The van der Waals surface area contributed by atoms with Gasteiger partial charge in [-0.3, -0.25) is 4.79 Å². The maximum atomic E-state index is 12.9. The lowest BCUT2D eigenvalue weighted by atomic mass is 10.1. The summed E-state index contributed by atoms with van der Waals surface area (Å²) in [6.45, 7) is 1.98. The molecule has 0 unspecified atom stereocenters. The monoisotopic (exact) mass is 413 g/mol. The van der Waals surface area contributed by atoms with E-state index in [0.717, 1.165) is 16.5 Å². The number of methoxy groups -OCH3 is 2. The van der Waals surface area contributed by atoms with E-state index in [2.05, 4.69) is 21.5 Å². The van der Waals surface area contributed by atoms with Crippen molar-refractivity contribution < 1.29 is 14.3 Å². The van der Waals surface area contributed by atoms with Crippen LogP contribution >= 0.6 is 0 Å². The second kappa shape index (κ2) is 8.16. The molecule has 0 saturated heterocycles. The van der Waals surface area contributed by atoms with Gasteiger partial charge in [-0.25, -0.2) is 4.98 Å². The summed E-state index contributed by atoms with van der Waals surface area (Å²) in [5.74, 6) is 1.26. The van der Waals surface area contributed by atoms with Gasteiger partial charge in [0.25, 0.3) is 5.91 Å². The predicted octanol–water partition coefficient (Wildman–Crippen LogP) is 3.87. The largest absolute Gasteiger partial charge is 0.493 e. The molecular formula is C23H19N5O3. The number of aryl methyl sites for hydroxylation is 1. The molecule has 8 nitrogen and oxygen atoms in total. The number of benzene rings is 2. The SMILES string of the molecule is COc1ccc(C(=O)Nc2c(C#N)cnn2-c2cc(C)c3ccccc3n2)cc1OC. The van der Waals surface area contributed by atoms with Crippen LogP contribution in [0.1, 0.15) is 21.5 Å². The van der Waals surface area contributed by atoms with Crippen molar-refractivity contribution in [3.8, 4) is 23.4 Å². The van der Waals surface area contributed by atoms with Crippen LogP contribution < -0.4 is 14.8 Å². The molecule has 0 fully saturated rings. The Morgan fingerprint density at radius 1 is 1.10 bits per heavy atom. The number of nitrogens with zero attached hydrogens (tertiary/aromatic N) is 4. The highest BCUT2D eigenvalue weighted by molar-refractivity contribution is 6.05. The Balaban J connectivity index is 1.75. The predicted molar refractivity (Wildman–Crippen MR) is 116 cm³/mol. The van der Waals surface area contributed by atoms with Gasteiger partial charge in [0.2, 0.25) is 0 Å². The van der Waals surface area contributed by atoms with Crippen LogP contribution in [0.2, 0.25) is 0 Å². The molecule has 2 heterocycles. The lowest BCUT2D eigenvalue weighted by Gasteiger charge is -2.12. The number of pyridine rings is 1. The van der Waals surface area contributed by atoms with Crippen molar-refractivity contribution in [2.75, 3.05) is 19.5 Å². The van der Waals surface area contributed by atoms with Crippen molar-refractivity contribution in [1.29, 1.82) is 5.26 Å². The summed E-state index contributed by atoms with van der Waals surface area (Å²) in [5.41, 5.74) is 2.37. The Bertz CT molecular complexity index is 1340. The second-order valence-electron chi connectivity index (χ2n) is 6.77. The quantitative estimate of drug-likeness (QED) is 0.533. The van der Waals surface area contributed by atoms with Crippen molar-refractivity contribution in [2.24, 2.45) is 0 Å². The molecule has 1 N–H and O–H groups in total. The van der Waals surface area contributed by atoms with Crippen LogP contribution in [-0.2, 0) is 0 Å². The molecule has 0 aliphatic heterocycles. The average molecular weight is 413 g/mol. The van der Waals surface area contributed by atoms with Crippen molar-refractivity contribution >= 4 is 22.6 Å². The van der Waals surface area contributed by atoms with E-state index in [1.54, 1.807) is 18.2 Å². The first kappa shape index (κ1) is 19.9. The van der Waals surface area contributed by atoms with Crippen LogP contribution in [0.3, 0.4) is 0 Å². The fourth-order valence-electron chi connectivity index (χ4n) is 3.32. The standard InChI is InChI=1S/C23H19N5O3/c1-14-10-21(26-18-7-5-4-6-17(14)18)28-22(16(12-24)13-25-28)27-23(29)15-8-9-19(30-2)20(11-15)31-3/h4-11,13H,1-3H3,(H,27,29). The number of nitriles is 1. The van der Waals surface area contributed by atoms with Crippen molar-refractivity contribution in [3.63, 3.8) is 0 Å². The minimum absolute atomic E-state index is 0.224. The van der Waals surface area contributed by atoms with Gasteiger partial charge >= 0.3 is 0 Å². The molecule has 4 rings (SSSR count). The molecule has 1 amide bonds. The first-order chi connectivity index (χ1) is 15.0. The van der Waals surface area contributed by atoms with Crippen molar-refractivity contribution in [1.82, 2.24) is 14.8 Å². The smallest absolute Gasteiger partial charge is 0.256 e. The highest BCUT2D eigenvalue weighted by atomic mass is 16.5. The molecule has 2 aromatic heterocycles. The summed E-state index contributed by atoms with van der Waals surface area (Å²) in [5, 5.41) is 17.6. The number of rotatable bonds is 5. The Morgan fingerprint density at radius 2 is 1.87 bits per heavy atom. The van der Waals surface area contributed by atoms with Crippen LogP contribution in [-0.4, -0.2) is 34.9 Å². The molecule has 0 aliphatic carbocycles. The van der Waals surface area contributed by atoms with Gasteiger partial charge in [0.15, 0.2) is 23.1 Å². The molecule has 0 saturated carbocycles. The van der Waals surface area contributed by atoms with Crippen molar-refractivity contribution in [3.05, 3.63) is 71.4 Å². The Labute approximate surface area is 178 Å². The molecule has 0 aliphatic rings. The first-order valence-electron chi connectivity index (χ1n) is 9.44. The zero-order chi connectivity index (χ0) is 22.0. The molecule has 154 valence electrons. The minimum atomic E-state index is -0.420. The van der Waals surface area contributed by atoms with Gasteiger partial charge in [0, 0.05) is 10.9 Å². The number of anilines is 1. The molecule has 31 heavy (non-hydrogen) atoms. The molecular weight excluding hydrogens is 394 g/mol. The maximum absolute atomic E-state index is 12.9. The van der Waals surface area contributed by atoms with Gasteiger partial charge in [-0.05, 0) is 42.8 Å². The summed E-state index contributed by atoms with van der Waals surface area (Å²) >= 11 is 0. The van der Waals surface area contributed by atoms with Gasteiger partial charge in [0.05, 0.1) is 25.9 Å². The number of carbonyl (C=O) groups excluding carboxylic acids is 1. The Morgan fingerprint density at radius 3 is 2.61 bits per heavy atom. The number of hydrogen-bond donors (Lipinski definition) is 1. The van der Waals surface area contributed by atoms with E-state index < -0.39 is 5.91 Å². The van der Waals surface area contributed by atoms with Gasteiger partial charge in [-0.15, -0.1) is 0 Å². The summed E-state index contributed by atoms with van der Waals surface area (Å²) < 4.78 is 11.9. The minimum Gasteiger partial charge on any atom is -0.493 e. The lowest BCUT2D eigenvalue weighted by Crippen LogP contribution is -2.16. The number of aromatic nitrogens is 3. The van der Waals surface area contributed by atoms with Crippen molar-refractivity contribution in [2.45, 2.75) is 6.92 Å². The highest BCUT2D eigenvalue weighted by Gasteiger charge is 2.19. The number of ether oxygens (including phenoxy) is 2. The van der Waals surface area contributed by atoms with E-state index in [1.807, 2.05) is 37.3 Å². The van der Waals surface area contributed by atoms with Gasteiger partial charge in [0.1, 0.15) is 11.6 Å². The van der Waals surface area contributed by atoms with Crippen LogP contribution in [0.25, 0.3) is 16.7 Å². The summed E-state index contributed by atoms with van der Waals surface area (Å²) in [7, 11) is 3.02. The van der Waals surface area contributed by atoms with E-state index >= 15 is 0 Å². The topological polar surface area (TPSA) is 102 Å². The van der Waals surface area contributed by atoms with E-state index in [0.29, 0.717) is 22.9 Å². The molecule has 4 aromatic rings. The third kappa shape index (κ3) is 3.65.